The third kappa shape index (κ3) is 1.20. The highest BCUT2D eigenvalue weighted by molar-refractivity contribution is 7.46. The summed E-state index contributed by atoms with van der Waals surface area (Å²) in [6.45, 7) is 2.46. The van der Waals surface area contributed by atoms with Gasteiger partial charge in [0.25, 0.3) is 0 Å². The summed E-state index contributed by atoms with van der Waals surface area (Å²) in [4.78, 5) is 0. The fourth-order valence-corrected chi connectivity index (χ4v) is 1.38. The van der Waals surface area contributed by atoms with Gasteiger partial charge in [0.05, 0.1) is 6.61 Å². The predicted octanol–water partition coefficient (Wildman–Crippen LogP) is 0.977. The van der Waals surface area contributed by atoms with Crippen molar-refractivity contribution in [1.29, 1.82) is 0 Å². The van der Waals surface area contributed by atoms with Gasteiger partial charge in [0.1, 0.15) is 6.10 Å². The molecule has 1 rings (SSSR count). The van der Waals surface area contributed by atoms with Crippen LogP contribution in [-0.2, 0) is 9.05 Å². The predicted molar refractivity (Wildman–Crippen MR) is 32.5 cm³/mol. The van der Waals surface area contributed by atoms with Gasteiger partial charge in [-0.3, -0.25) is 0 Å². The van der Waals surface area contributed by atoms with Crippen molar-refractivity contribution in [2.75, 3.05) is 13.3 Å². The second kappa shape index (κ2) is 2.46. The topological polar surface area (TPSA) is 18.5 Å². The largest absolute Gasteiger partial charge is 0.330 e. The summed E-state index contributed by atoms with van der Waals surface area (Å²) in [5, 5.41) is 0. The standard InChI is InChI=1S/C5H7O2P/c1-3-5-4-6-8(2)7-5/h1,5H,4H2,2H3. The van der Waals surface area contributed by atoms with Crippen molar-refractivity contribution in [2.24, 2.45) is 0 Å². The Morgan fingerprint density at radius 2 is 2.62 bits per heavy atom. The minimum atomic E-state index is -0.653. The molecule has 8 heavy (non-hydrogen) atoms. The number of terminal acetylenes is 1. The van der Waals surface area contributed by atoms with Gasteiger partial charge in [0.2, 0.25) is 0 Å². The van der Waals surface area contributed by atoms with Crippen molar-refractivity contribution < 1.29 is 9.05 Å². The van der Waals surface area contributed by atoms with Gasteiger partial charge in [-0.25, -0.2) is 0 Å². The van der Waals surface area contributed by atoms with Crippen LogP contribution in [0.4, 0.5) is 0 Å². The molecular weight excluding hydrogens is 123 g/mol. The van der Waals surface area contributed by atoms with Crippen molar-refractivity contribution in [2.45, 2.75) is 6.10 Å². The van der Waals surface area contributed by atoms with E-state index >= 15 is 0 Å². The van der Waals surface area contributed by atoms with E-state index in [1.54, 1.807) is 0 Å². The SMILES string of the molecule is C#CC1COP(C)O1. The van der Waals surface area contributed by atoms with Crippen molar-refractivity contribution in [3.05, 3.63) is 0 Å². The lowest BCUT2D eigenvalue weighted by Crippen LogP contribution is -2.03. The number of rotatable bonds is 0. The first-order chi connectivity index (χ1) is 3.83. The van der Waals surface area contributed by atoms with Crippen LogP contribution >= 0.6 is 8.38 Å². The molecule has 0 aromatic rings. The van der Waals surface area contributed by atoms with Gasteiger partial charge in [-0.05, 0) is 0 Å². The molecule has 0 N–H and O–H groups in total. The van der Waals surface area contributed by atoms with E-state index in [2.05, 4.69) is 5.92 Å². The summed E-state index contributed by atoms with van der Waals surface area (Å²) < 4.78 is 10.2. The first-order valence-corrected chi connectivity index (χ1v) is 3.95. The summed E-state index contributed by atoms with van der Waals surface area (Å²) in [6, 6.07) is 0. The van der Waals surface area contributed by atoms with Crippen LogP contribution in [0.1, 0.15) is 0 Å². The molecule has 0 amide bonds. The molecular formula is C5H7O2P. The van der Waals surface area contributed by atoms with Gasteiger partial charge in [-0.15, -0.1) is 6.42 Å². The maximum absolute atomic E-state index is 5.12. The fourth-order valence-electron chi connectivity index (χ4n) is 0.491. The van der Waals surface area contributed by atoms with Crippen LogP contribution in [0, 0.1) is 12.3 Å². The second-order valence-electron chi connectivity index (χ2n) is 1.50. The van der Waals surface area contributed by atoms with Crippen molar-refractivity contribution in [3.63, 3.8) is 0 Å². The highest BCUT2D eigenvalue weighted by Gasteiger charge is 2.20. The molecule has 0 radical (unpaired) electrons. The lowest BCUT2D eigenvalue weighted by Gasteiger charge is -1.96. The molecule has 2 nitrogen and oxygen atoms in total. The van der Waals surface area contributed by atoms with Gasteiger partial charge < -0.3 is 9.05 Å². The molecule has 1 aliphatic rings. The van der Waals surface area contributed by atoms with Gasteiger partial charge in [-0.1, -0.05) is 5.92 Å². The molecule has 1 aliphatic heterocycles. The van der Waals surface area contributed by atoms with E-state index in [-0.39, 0.29) is 6.10 Å². The van der Waals surface area contributed by atoms with Crippen molar-refractivity contribution in [3.8, 4) is 12.3 Å². The van der Waals surface area contributed by atoms with Crippen molar-refractivity contribution >= 4 is 8.38 Å². The Kier molecular flexibility index (Phi) is 1.85. The molecule has 0 aliphatic carbocycles. The second-order valence-corrected chi connectivity index (χ2v) is 2.84. The Morgan fingerprint density at radius 3 is 2.88 bits per heavy atom. The smallest absolute Gasteiger partial charge is 0.168 e. The molecule has 0 aromatic heterocycles. The van der Waals surface area contributed by atoms with E-state index in [4.69, 9.17) is 15.5 Å². The third-order valence-electron chi connectivity index (χ3n) is 0.869. The van der Waals surface area contributed by atoms with E-state index in [1.165, 1.54) is 0 Å². The van der Waals surface area contributed by atoms with E-state index in [0.29, 0.717) is 6.61 Å². The zero-order valence-electron chi connectivity index (χ0n) is 4.63. The molecule has 3 heteroatoms. The van der Waals surface area contributed by atoms with E-state index < -0.39 is 8.38 Å². The zero-order valence-corrected chi connectivity index (χ0v) is 5.52. The average Bonchev–Trinajstić information content (AvgIpc) is 2.14. The molecule has 0 bridgehead atoms. The Labute approximate surface area is 50.1 Å². The molecule has 1 saturated heterocycles. The maximum Gasteiger partial charge on any atom is 0.168 e. The minimum absolute atomic E-state index is 0.0916. The maximum atomic E-state index is 5.12. The van der Waals surface area contributed by atoms with E-state index in [9.17, 15) is 0 Å². The molecule has 44 valence electrons. The minimum Gasteiger partial charge on any atom is -0.330 e. The molecule has 2 unspecified atom stereocenters. The van der Waals surface area contributed by atoms with Gasteiger partial charge >= 0.3 is 0 Å². The van der Waals surface area contributed by atoms with Crippen LogP contribution < -0.4 is 0 Å². The summed E-state index contributed by atoms with van der Waals surface area (Å²) in [7, 11) is -0.653. The summed E-state index contributed by atoms with van der Waals surface area (Å²) in [5.41, 5.74) is 0. The summed E-state index contributed by atoms with van der Waals surface area (Å²) in [6.07, 6.45) is 4.96. The highest BCUT2D eigenvalue weighted by Crippen LogP contribution is 2.40. The van der Waals surface area contributed by atoms with Crippen LogP contribution in [0.15, 0.2) is 0 Å². The Morgan fingerprint density at radius 1 is 1.88 bits per heavy atom. The number of hydrogen-bond acceptors (Lipinski definition) is 2. The van der Waals surface area contributed by atoms with Crippen LogP contribution in [0.3, 0.4) is 0 Å². The van der Waals surface area contributed by atoms with Gasteiger partial charge in [0, 0.05) is 6.66 Å². The number of hydrogen-bond donors (Lipinski definition) is 0. The van der Waals surface area contributed by atoms with Crippen LogP contribution in [0.2, 0.25) is 0 Å². The lowest BCUT2D eigenvalue weighted by atomic mass is 10.4. The quantitative estimate of drug-likeness (QED) is 0.359. The first kappa shape index (κ1) is 6.04. The molecule has 1 heterocycles. The van der Waals surface area contributed by atoms with Crippen LogP contribution in [0.25, 0.3) is 0 Å². The first-order valence-electron chi connectivity index (χ1n) is 2.32. The molecule has 0 aromatic carbocycles. The molecule has 2 atom stereocenters. The fraction of sp³-hybridized carbons (Fsp3) is 0.600. The van der Waals surface area contributed by atoms with Crippen LogP contribution in [-0.4, -0.2) is 19.4 Å². The average molecular weight is 130 g/mol. The normalized spacial score (nSPS) is 37.0. The Bertz CT molecular complexity index is 118. The van der Waals surface area contributed by atoms with E-state index in [0.717, 1.165) is 0 Å². The van der Waals surface area contributed by atoms with Crippen molar-refractivity contribution in [1.82, 2.24) is 0 Å². The van der Waals surface area contributed by atoms with Gasteiger partial charge in [-0.2, -0.15) is 0 Å². The Balaban J connectivity index is 2.35. The Hall–Kier alpha value is -0.0900. The van der Waals surface area contributed by atoms with Gasteiger partial charge in [0.15, 0.2) is 8.38 Å². The third-order valence-corrected chi connectivity index (χ3v) is 1.93. The molecule has 0 saturated carbocycles. The van der Waals surface area contributed by atoms with E-state index in [1.807, 2.05) is 6.66 Å². The summed E-state index contributed by atoms with van der Waals surface area (Å²) in [5.74, 6) is 2.46. The highest BCUT2D eigenvalue weighted by atomic mass is 31.2. The zero-order chi connectivity index (χ0) is 5.98. The lowest BCUT2D eigenvalue weighted by molar-refractivity contribution is 0.302. The summed E-state index contributed by atoms with van der Waals surface area (Å²) >= 11 is 0. The monoisotopic (exact) mass is 130 g/mol. The molecule has 1 fully saturated rings. The molecule has 0 spiro atoms. The van der Waals surface area contributed by atoms with Crippen LogP contribution in [0.5, 0.6) is 0 Å².